The van der Waals surface area contributed by atoms with E-state index >= 15 is 0 Å². The molecule has 0 atom stereocenters. The zero-order valence-corrected chi connectivity index (χ0v) is 15.7. The highest BCUT2D eigenvalue weighted by molar-refractivity contribution is 6.17. The fourth-order valence-electron chi connectivity index (χ4n) is 3.31. The average molecular weight is 350 g/mol. The number of para-hydroxylation sites is 2. The molecule has 2 aromatic rings. The lowest BCUT2D eigenvalue weighted by atomic mass is 10.0. The molecule has 0 unspecified atom stereocenters. The molecular formula is C22H26N2O2. The van der Waals surface area contributed by atoms with E-state index in [9.17, 15) is 9.59 Å². The number of anilines is 2. The van der Waals surface area contributed by atoms with Crippen LogP contribution in [0.5, 0.6) is 0 Å². The molecule has 4 nitrogen and oxygen atoms in total. The Bertz CT molecular complexity index is 838. The fourth-order valence-corrected chi connectivity index (χ4v) is 3.31. The number of hydrogen-bond donors (Lipinski definition) is 2. The fraction of sp³-hybridized carbons (Fsp3) is 0.364. The highest BCUT2D eigenvalue weighted by Crippen LogP contribution is 2.48. The van der Waals surface area contributed by atoms with Crippen LogP contribution in [0.4, 0.5) is 11.4 Å². The summed E-state index contributed by atoms with van der Waals surface area (Å²) in [6.07, 6.45) is 2.84. The second kappa shape index (κ2) is 7.32. The number of benzene rings is 2. The van der Waals surface area contributed by atoms with E-state index in [2.05, 4.69) is 24.5 Å². The molecule has 2 N–H and O–H groups in total. The summed E-state index contributed by atoms with van der Waals surface area (Å²) >= 11 is 0. The molecule has 0 saturated heterocycles. The van der Waals surface area contributed by atoms with Gasteiger partial charge in [-0.25, -0.2) is 0 Å². The Kier molecular flexibility index (Phi) is 5.12. The Morgan fingerprint density at radius 1 is 0.885 bits per heavy atom. The molecule has 1 fully saturated rings. The second-order valence-electron chi connectivity index (χ2n) is 6.96. The summed E-state index contributed by atoms with van der Waals surface area (Å²) in [4.78, 5) is 25.8. The Hall–Kier alpha value is -2.62. The molecule has 2 aromatic carbocycles. The Labute approximate surface area is 155 Å². The van der Waals surface area contributed by atoms with Crippen LogP contribution in [-0.2, 0) is 22.4 Å². The smallest absolute Gasteiger partial charge is 0.240 e. The topological polar surface area (TPSA) is 58.2 Å². The van der Waals surface area contributed by atoms with Gasteiger partial charge in [0.1, 0.15) is 5.41 Å². The minimum atomic E-state index is -0.950. The minimum Gasteiger partial charge on any atom is -0.325 e. The molecule has 2 amide bonds. The monoisotopic (exact) mass is 350 g/mol. The van der Waals surface area contributed by atoms with E-state index in [4.69, 9.17) is 0 Å². The van der Waals surface area contributed by atoms with Crippen molar-refractivity contribution in [3.8, 4) is 0 Å². The molecule has 26 heavy (non-hydrogen) atoms. The number of aryl methyl sites for hydroxylation is 3. The first kappa shape index (κ1) is 18.2. The molecule has 136 valence electrons. The van der Waals surface area contributed by atoms with E-state index in [1.165, 1.54) is 0 Å². The van der Waals surface area contributed by atoms with Crippen molar-refractivity contribution in [3.63, 3.8) is 0 Å². The van der Waals surface area contributed by atoms with Crippen LogP contribution in [0.2, 0.25) is 0 Å². The van der Waals surface area contributed by atoms with Gasteiger partial charge in [-0.3, -0.25) is 9.59 Å². The number of rotatable bonds is 6. The molecule has 0 bridgehead atoms. The summed E-state index contributed by atoms with van der Waals surface area (Å²) in [6, 6.07) is 13.7. The molecular weight excluding hydrogens is 324 g/mol. The van der Waals surface area contributed by atoms with E-state index in [0.29, 0.717) is 12.8 Å². The summed E-state index contributed by atoms with van der Waals surface area (Å²) in [6.45, 7) is 6.09. The van der Waals surface area contributed by atoms with Crippen molar-refractivity contribution in [1.29, 1.82) is 0 Å². The van der Waals surface area contributed by atoms with Gasteiger partial charge < -0.3 is 10.6 Å². The third-order valence-corrected chi connectivity index (χ3v) is 5.24. The molecule has 4 heteroatoms. The van der Waals surface area contributed by atoms with E-state index in [1.54, 1.807) is 0 Å². The second-order valence-corrected chi connectivity index (χ2v) is 6.96. The van der Waals surface area contributed by atoms with Crippen molar-refractivity contribution in [2.75, 3.05) is 10.6 Å². The van der Waals surface area contributed by atoms with Crippen molar-refractivity contribution in [3.05, 3.63) is 59.2 Å². The zero-order valence-electron chi connectivity index (χ0n) is 15.7. The normalized spacial score (nSPS) is 14.6. The summed E-state index contributed by atoms with van der Waals surface area (Å²) in [5.74, 6) is -0.407. The molecule has 0 heterocycles. The molecule has 0 radical (unpaired) electrons. The van der Waals surface area contributed by atoms with Gasteiger partial charge in [0.2, 0.25) is 11.8 Å². The largest absolute Gasteiger partial charge is 0.325 e. The predicted octanol–water partition coefficient (Wildman–Crippen LogP) is 4.48. The Morgan fingerprint density at radius 3 is 2.15 bits per heavy atom. The summed E-state index contributed by atoms with van der Waals surface area (Å²) in [5.41, 5.74) is 3.87. The van der Waals surface area contributed by atoms with Crippen molar-refractivity contribution in [2.45, 2.75) is 46.5 Å². The molecule has 0 aromatic heterocycles. The van der Waals surface area contributed by atoms with Crippen LogP contribution in [0.1, 0.15) is 43.4 Å². The predicted molar refractivity (Wildman–Crippen MR) is 105 cm³/mol. The van der Waals surface area contributed by atoms with E-state index in [-0.39, 0.29) is 11.8 Å². The summed E-state index contributed by atoms with van der Waals surface area (Å²) in [7, 11) is 0. The van der Waals surface area contributed by atoms with Gasteiger partial charge in [0, 0.05) is 11.4 Å². The van der Waals surface area contributed by atoms with Crippen molar-refractivity contribution >= 4 is 23.2 Å². The van der Waals surface area contributed by atoms with Crippen molar-refractivity contribution in [2.24, 2.45) is 5.41 Å². The third-order valence-electron chi connectivity index (χ3n) is 5.24. The SMILES string of the molecule is CCc1ccccc1NC(=O)C1(C(=O)Nc2c(C)cccc2CC)CC1. The number of carbonyl (C=O) groups excluding carboxylic acids is 2. The van der Waals surface area contributed by atoms with Crippen LogP contribution in [0.3, 0.4) is 0 Å². The lowest BCUT2D eigenvalue weighted by Gasteiger charge is -2.19. The standard InChI is InChI=1S/C22H26N2O2/c1-4-16-10-6-7-12-18(16)23-20(25)22(13-14-22)21(26)24-19-15(3)9-8-11-17(19)5-2/h6-12H,4-5,13-14H2,1-3H3,(H,23,25)(H,24,26). The summed E-state index contributed by atoms with van der Waals surface area (Å²) < 4.78 is 0. The maximum Gasteiger partial charge on any atom is 0.240 e. The first-order chi connectivity index (χ1) is 12.5. The van der Waals surface area contributed by atoms with Gasteiger partial charge in [-0.05, 0) is 55.4 Å². The van der Waals surface area contributed by atoms with Gasteiger partial charge in [0.25, 0.3) is 0 Å². The van der Waals surface area contributed by atoms with Crippen LogP contribution in [0.25, 0.3) is 0 Å². The Balaban J connectivity index is 1.78. The minimum absolute atomic E-state index is 0.201. The van der Waals surface area contributed by atoms with Crippen LogP contribution in [-0.4, -0.2) is 11.8 Å². The van der Waals surface area contributed by atoms with Gasteiger partial charge in [0.05, 0.1) is 0 Å². The highest BCUT2D eigenvalue weighted by atomic mass is 16.2. The van der Waals surface area contributed by atoms with E-state index in [0.717, 1.165) is 40.9 Å². The quantitative estimate of drug-likeness (QED) is 0.755. The van der Waals surface area contributed by atoms with Crippen LogP contribution >= 0.6 is 0 Å². The molecule has 1 aliphatic carbocycles. The molecule has 1 aliphatic rings. The molecule has 0 aliphatic heterocycles. The number of nitrogens with one attached hydrogen (secondary N) is 2. The zero-order chi connectivity index (χ0) is 18.7. The first-order valence-corrected chi connectivity index (χ1v) is 9.31. The maximum absolute atomic E-state index is 12.9. The average Bonchev–Trinajstić information content (AvgIpc) is 3.46. The summed E-state index contributed by atoms with van der Waals surface area (Å²) in [5, 5.41) is 6.00. The molecule has 0 spiro atoms. The van der Waals surface area contributed by atoms with Gasteiger partial charge in [-0.1, -0.05) is 50.2 Å². The molecule has 1 saturated carbocycles. The van der Waals surface area contributed by atoms with Gasteiger partial charge in [-0.2, -0.15) is 0 Å². The van der Waals surface area contributed by atoms with Gasteiger partial charge in [-0.15, -0.1) is 0 Å². The Morgan fingerprint density at radius 2 is 1.50 bits per heavy atom. The third kappa shape index (κ3) is 3.36. The first-order valence-electron chi connectivity index (χ1n) is 9.31. The van der Waals surface area contributed by atoms with E-state index in [1.807, 2.05) is 49.4 Å². The van der Waals surface area contributed by atoms with Gasteiger partial charge in [0.15, 0.2) is 0 Å². The molecule has 3 rings (SSSR count). The van der Waals surface area contributed by atoms with Crippen LogP contribution in [0.15, 0.2) is 42.5 Å². The van der Waals surface area contributed by atoms with Crippen LogP contribution in [0, 0.1) is 12.3 Å². The number of hydrogen-bond acceptors (Lipinski definition) is 2. The maximum atomic E-state index is 12.9. The van der Waals surface area contributed by atoms with Crippen molar-refractivity contribution in [1.82, 2.24) is 0 Å². The number of amides is 2. The number of carbonyl (C=O) groups is 2. The lowest BCUT2D eigenvalue weighted by Crippen LogP contribution is -2.36. The van der Waals surface area contributed by atoms with E-state index < -0.39 is 5.41 Å². The van der Waals surface area contributed by atoms with Crippen LogP contribution < -0.4 is 10.6 Å². The lowest BCUT2D eigenvalue weighted by molar-refractivity contribution is -0.131. The highest BCUT2D eigenvalue weighted by Gasteiger charge is 2.56. The van der Waals surface area contributed by atoms with Crippen molar-refractivity contribution < 1.29 is 9.59 Å². The van der Waals surface area contributed by atoms with Gasteiger partial charge >= 0.3 is 0 Å².